The molecule has 0 spiro atoms. The summed E-state index contributed by atoms with van der Waals surface area (Å²) in [5.41, 5.74) is 3.96. The summed E-state index contributed by atoms with van der Waals surface area (Å²) in [6, 6.07) is 18.7. The van der Waals surface area contributed by atoms with E-state index in [0.29, 0.717) is 11.4 Å². The van der Waals surface area contributed by atoms with Gasteiger partial charge in [-0.2, -0.15) is 0 Å². The van der Waals surface area contributed by atoms with Gasteiger partial charge in [-0.05, 0) is 60.9 Å². The second kappa shape index (κ2) is 8.10. The minimum absolute atomic E-state index is 0.145. The second-order valence-electron chi connectivity index (χ2n) is 6.87. The van der Waals surface area contributed by atoms with Crippen molar-refractivity contribution < 1.29 is 9.59 Å². The number of carbonyl (C=O) groups excluding carboxylic acids is 2. The molecule has 146 valence electrons. The summed E-state index contributed by atoms with van der Waals surface area (Å²) in [4.78, 5) is 25.7. The fourth-order valence-corrected chi connectivity index (χ4v) is 3.40. The molecule has 7 nitrogen and oxygen atoms in total. The van der Waals surface area contributed by atoms with E-state index in [1.165, 1.54) is 12.5 Å². The third-order valence-corrected chi connectivity index (χ3v) is 4.73. The summed E-state index contributed by atoms with van der Waals surface area (Å²) in [5.74, 6) is 0.247. The predicted molar refractivity (Wildman–Crippen MR) is 112 cm³/mol. The molecule has 29 heavy (non-hydrogen) atoms. The number of fused-ring (bicyclic) bond motifs is 1. The highest BCUT2D eigenvalue weighted by atomic mass is 16.2. The summed E-state index contributed by atoms with van der Waals surface area (Å²) < 4.78 is 0. The first kappa shape index (κ1) is 18.6. The third-order valence-electron chi connectivity index (χ3n) is 4.73. The normalized spacial score (nSPS) is 12.8. The number of aromatic nitrogens is 2. The van der Waals surface area contributed by atoms with Crippen LogP contribution in [-0.4, -0.2) is 28.6 Å². The van der Waals surface area contributed by atoms with Crippen molar-refractivity contribution in [1.29, 1.82) is 0 Å². The van der Waals surface area contributed by atoms with Gasteiger partial charge in [-0.1, -0.05) is 18.2 Å². The van der Waals surface area contributed by atoms with Gasteiger partial charge in [0, 0.05) is 30.5 Å². The Kier molecular flexibility index (Phi) is 5.20. The number of benzene rings is 2. The molecule has 2 heterocycles. The van der Waals surface area contributed by atoms with E-state index in [4.69, 9.17) is 0 Å². The SMILES string of the molecule is CC(=O)Nc1ccc(NC(=O)c2ccc(N3CCCc4ccccc43)nn2)cc1. The first-order valence-corrected chi connectivity index (χ1v) is 9.48. The number of para-hydroxylation sites is 1. The minimum atomic E-state index is -0.338. The van der Waals surface area contributed by atoms with Gasteiger partial charge in [-0.3, -0.25) is 9.59 Å². The van der Waals surface area contributed by atoms with Crippen LogP contribution in [0.2, 0.25) is 0 Å². The molecule has 0 radical (unpaired) electrons. The molecule has 2 aromatic carbocycles. The van der Waals surface area contributed by atoms with Crippen LogP contribution >= 0.6 is 0 Å². The largest absolute Gasteiger partial charge is 0.326 e. The Morgan fingerprint density at radius 1 is 0.897 bits per heavy atom. The average molecular weight is 387 g/mol. The molecule has 4 rings (SSSR count). The van der Waals surface area contributed by atoms with Crippen LogP contribution in [-0.2, 0) is 11.2 Å². The number of carbonyl (C=O) groups is 2. The maximum absolute atomic E-state index is 12.5. The number of aryl methyl sites for hydroxylation is 1. The molecule has 0 fully saturated rings. The van der Waals surface area contributed by atoms with Crippen molar-refractivity contribution >= 4 is 34.7 Å². The molecule has 0 atom stereocenters. The van der Waals surface area contributed by atoms with E-state index in [0.717, 1.165) is 30.9 Å². The van der Waals surface area contributed by atoms with Crippen molar-refractivity contribution in [2.45, 2.75) is 19.8 Å². The maximum Gasteiger partial charge on any atom is 0.276 e. The van der Waals surface area contributed by atoms with E-state index in [-0.39, 0.29) is 17.5 Å². The lowest BCUT2D eigenvalue weighted by molar-refractivity contribution is -0.114. The lowest BCUT2D eigenvalue weighted by Gasteiger charge is -2.29. The van der Waals surface area contributed by atoms with E-state index in [1.807, 2.05) is 18.2 Å². The van der Waals surface area contributed by atoms with Crippen LogP contribution < -0.4 is 15.5 Å². The lowest BCUT2D eigenvalue weighted by Crippen LogP contribution is -2.26. The number of nitrogens with zero attached hydrogens (tertiary/aromatic N) is 3. The van der Waals surface area contributed by atoms with Gasteiger partial charge in [-0.15, -0.1) is 10.2 Å². The smallest absolute Gasteiger partial charge is 0.276 e. The van der Waals surface area contributed by atoms with E-state index in [1.54, 1.807) is 30.3 Å². The number of hydrogen-bond donors (Lipinski definition) is 2. The summed E-state index contributed by atoms with van der Waals surface area (Å²) in [5, 5.41) is 13.9. The molecule has 0 saturated carbocycles. The molecule has 1 aliphatic heterocycles. The van der Waals surface area contributed by atoms with Crippen molar-refractivity contribution in [3.05, 3.63) is 71.9 Å². The quantitative estimate of drug-likeness (QED) is 0.712. The Balaban J connectivity index is 1.45. The van der Waals surface area contributed by atoms with Crippen molar-refractivity contribution in [3.8, 4) is 0 Å². The Labute approximate surface area is 168 Å². The van der Waals surface area contributed by atoms with Gasteiger partial charge >= 0.3 is 0 Å². The van der Waals surface area contributed by atoms with Crippen molar-refractivity contribution in [2.24, 2.45) is 0 Å². The van der Waals surface area contributed by atoms with Crippen LogP contribution in [0.25, 0.3) is 0 Å². The van der Waals surface area contributed by atoms with Gasteiger partial charge in [0.2, 0.25) is 5.91 Å². The monoisotopic (exact) mass is 387 g/mol. The molecular weight excluding hydrogens is 366 g/mol. The third kappa shape index (κ3) is 4.24. The second-order valence-corrected chi connectivity index (χ2v) is 6.87. The topological polar surface area (TPSA) is 87.2 Å². The summed E-state index contributed by atoms with van der Waals surface area (Å²) >= 11 is 0. The van der Waals surface area contributed by atoms with Crippen LogP contribution in [0.1, 0.15) is 29.4 Å². The van der Waals surface area contributed by atoms with Gasteiger partial charge in [0.25, 0.3) is 5.91 Å². The highest BCUT2D eigenvalue weighted by Crippen LogP contribution is 2.31. The van der Waals surface area contributed by atoms with E-state index in [2.05, 4.69) is 37.9 Å². The van der Waals surface area contributed by atoms with Crippen LogP contribution in [0.15, 0.2) is 60.7 Å². The van der Waals surface area contributed by atoms with E-state index < -0.39 is 0 Å². The first-order chi connectivity index (χ1) is 14.1. The number of amides is 2. The zero-order valence-corrected chi connectivity index (χ0v) is 16.1. The molecule has 2 N–H and O–H groups in total. The van der Waals surface area contributed by atoms with E-state index >= 15 is 0 Å². The molecule has 0 bridgehead atoms. The highest BCUT2D eigenvalue weighted by Gasteiger charge is 2.19. The van der Waals surface area contributed by atoms with Gasteiger partial charge < -0.3 is 15.5 Å². The maximum atomic E-state index is 12.5. The number of rotatable bonds is 4. The Morgan fingerprint density at radius 3 is 2.31 bits per heavy atom. The molecular formula is C22H21N5O2. The van der Waals surface area contributed by atoms with E-state index in [9.17, 15) is 9.59 Å². The van der Waals surface area contributed by atoms with Gasteiger partial charge in [0.05, 0.1) is 0 Å². The summed E-state index contributed by atoms with van der Waals surface area (Å²) in [6.45, 7) is 2.32. The molecule has 3 aromatic rings. The molecule has 7 heteroatoms. The fourth-order valence-electron chi connectivity index (χ4n) is 3.40. The lowest BCUT2D eigenvalue weighted by atomic mass is 10.0. The number of anilines is 4. The number of nitrogens with one attached hydrogen (secondary N) is 2. The van der Waals surface area contributed by atoms with Crippen molar-refractivity contribution in [3.63, 3.8) is 0 Å². The van der Waals surface area contributed by atoms with Crippen LogP contribution in [0.4, 0.5) is 22.9 Å². The summed E-state index contributed by atoms with van der Waals surface area (Å²) in [6.07, 6.45) is 2.11. The zero-order chi connectivity index (χ0) is 20.2. The standard InChI is InChI=1S/C22H21N5O2/c1-15(28)23-17-8-10-18(11-9-17)24-22(29)19-12-13-21(26-25-19)27-14-4-6-16-5-2-3-7-20(16)27/h2-3,5,7-13H,4,6,14H2,1H3,(H,23,28)(H,24,29). The highest BCUT2D eigenvalue weighted by molar-refractivity contribution is 6.03. The fraction of sp³-hybridized carbons (Fsp3) is 0.182. The van der Waals surface area contributed by atoms with Crippen LogP contribution in [0, 0.1) is 0 Å². The van der Waals surface area contributed by atoms with Gasteiger partial charge in [0.1, 0.15) is 0 Å². The molecule has 2 amide bonds. The predicted octanol–water partition coefficient (Wildman–Crippen LogP) is 3.77. The van der Waals surface area contributed by atoms with Crippen molar-refractivity contribution in [2.75, 3.05) is 22.1 Å². The Morgan fingerprint density at radius 2 is 1.62 bits per heavy atom. The van der Waals surface area contributed by atoms with Crippen LogP contribution in [0.5, 0.6) is 0 Å². The number of hydrogen-bond acceptors (Lipinski definition) is 5. The molecule has 0 unspecified atom stereocenters. The van der Waals surface area contributed by atoms with Crippen LogP contribution in [0.3, 0.4) is 0 Å². The molecule has 0 saturated heterocycles. The van der Waals surface area contributed by atoms with Crippen molar-refractivity contribution in [1.82, 2.24) is 10.2 Å². The Bertz CT molecular complexity index is 1030. The average Bonchev–Trinajstić information content (AvgIpc) is 2.74. The molecule has 1 aromatic heterocycles. The van der Waals surface area contributed by atoms with Gasteiger partial charge in [0.15, 0.2) is 11.5 Å². The molecule has 0 aliphatic carbocycles. The summed E-state index contributed by atoms with van der Waals surface area (Å²) in [7, 11) is 0. The van der Waals surface area contributed by atoms with Gasteiger partial charge in [-0.25, -0.2) is 0 Å². The first-order valence-electron chi connectivity index (χ1n) is 9.48. The molecule has 1 aliphatic rings. The Hall–Kier alpha value is -3.74. The minimum Gasteiger partial charge on any atom is -0.326 e. The zero-order valence-electron chi connectivity index (χ0n) is 16.1.